The van der Waals surface area contributed by atoms with Crippen LogP contribution in [0.1, 0.15) is 22.8 Å². The van der Waals surface area contributed by atoms with Crippen molar-refractivity contribution in [3.8, 4) is 11.5 Å². The average Bonchev–Trinajstić information content (AvgIpc) is 2.48. The van der Waals surface area contributed by atoms with Crippen LogP contribution in [0.2, 0.25) is 0 Å². The minimum atomic E-state index is -0.924. The highest BCUT2D eigenvalue weighted by atomic mass is 16.5. The molecule has 106 valence electrons. The Balaban J connectivity index is 2.53. The van der Waals surface area contributed by atoms with Gasteiger partial charge in [0, 0.05) is 17.3 Å². The van der Waals surface area contributed by atoms with E-state index in [2.05, 4.69) is 4.98 Å². The topological polar surface area (TPSA) is 77.6 Å². The molecule has 0 spiro atoms. The van der Waals surface area contributed by atoms with Crippen molar-refractivity contribution in [2.24, 2.45) is 0 Å². The second kappa shape index (κ2) is 5.79. The molecule has 2 rings (SSSR count). The number of anilines is 1. The number of aliphatic hydroxyl groups excluding tert-OH is 1. The standard InChI is InChI=1S/C15H18N2O3/c1-9-7-11(15(16)17-8-9)13(18)10-5-4-6-12(19-2)14(10)20-3/h4-8,13,18H,1-3H3,(H2,16,17). The molecule has 3 N–H and O–H groups in total. The van der Waals surface area contributed by atoms with Gasteiger partial charge in [-0.3, -0.25) is 0 Å². The highest BCUT2D eigenvalue weighted by Gasteiger charge is 2.21. The summed E-state index contributed by atoms with van der Waals surface area (Å²) in [5.41, 5.74) is 7.91. The minimum Gasteiger partial charge on any atom is -0.493 e. The van der Waals surface area contributed by atoms with Gasteiger partial charge in [0.25, 0.3) is 0 Å². The number of para-hydroxylation sites is 1. The van der Waals surface area contributed by atoms with E-state index in [9.17, 15) is 5.11 Å². The third-order valence-electron chi connectivity index (χ3n) is 3.11. The van der Waals surface area contributed by atoms with E-state index < -0.39 is 6.10 Å². The summed E-state index contributed by atoms with van der Waals surface area (Å²) in [5, 5.41) is 10.6. The number of aryl methyl sites for hydroxylation is 1. The monoisotopic (exact) mass is 274 g/mol. The van der Waals surface area contributed by atoms with Crippen molar-refractivity contribution in [2.75, 3.05) is 20.0 Å². The predicted octanol–water partition coefficient (Wildman–Crippen LogP) is 2.07. The van der Waals surface area contributed by atoms with Crippen LogP contribution in [0.25, 0.3) is 0 Å². The van der Waals surface area contributed by atoms with Crippen molar-refractivity contribution in [2.45, 2.75) is 13.0 Å². The van der Waals surface area contributed by atoms with Gasteiger partial charge in [-0.15, -0.1) is 0 Å². The van der Waals surface area contributed by atoms with Gasteiger partial charge in [0.1, 0.15) is 11.9 Å². The number of nitrogens with zero attached hydrogens (tertiary/aromatic N) is 1. The molecule has 0 aliphatic rings. The molecule has 20 heavy (non-hydrogen) atoms. The zero-order valence-corrected chi connectivity index (χ0v) is 11.8. The van der Waals surface area contributed by atoms with Gasteiger partial charge in [-0.25, -0.2) is 4.98 Å². The zero-order chi connectivity index (χ0) is 14.7. The molecule has 0 radical (unpaired) electrons. The summed E-state index contributed by atoms with van der Waals surface area (Å²) in [4.78, 5) is 4.07. The molecule has 5 heteroatoms. The molecule has 0 amide bonds. The van der Waals surface area contributed by atoms with Gasteiger partial charge in [0.15, 0.2) is 11.5 Å². The van der Waals surface area contributed by atoms with E-state index in [-0.39, 0.29) is 0 Å². The largest absolute Gasteiger partial charge is 0.493 e. The number of aromatic nitrogens is 1. The number of hydrogen-bond donors (Lipinski definition) is 2. The summed E-state index contributed by atoms with van der Waals surface area (Å²) < 4.78 is 10.6. The maximum atomic E-state index is 10.6. The second-order valence-electron chi connectivity index (χ2n) is 4.47. The van der Waals surface area contributed by atoms with E-state index in [1.54, 1.807) is 31.5 Å². The third kappa shape index (κ3) is 2.53. The summed E-state index contributed by atoms with van der Waals surface area (Å²) >= 11 is 0. The summed E-state index contributed by atoms with van der Waals surface area (Å²) in [6.45, 7) is 1.89. The van der Waals surface area contributed by atoms with Crippen LogP contribution in [0.3, 0.4) is 0 Å². The molecule has 0 saturated carbocycles. The SMILES string of the molecule is COc1cccc(C(O)c2cc(C)cnc2N)c1OC. The van der Waals surface area contributed by atoms with Crippen LogP contribution in [-0.4, -0.2) is 24.3 Å². The first kappa shape index (κ1) is 14.1. The van der Waals surface area contributed by atoms with Gasteiger partial charge in [0.05, 0.1) is 14.2 Å². The fourth-order valence-corrected chi connectivity index (χ4v) is 2.12. The number of nitrogen functional groups attached to an aromatic ring is 1. The zero-order valence-electron chi connectivity index (χ0n) is 11.8. The smallest absolute Gasteiger partial charge is 0.166 e. The minimum absolute atomic E-state index is 0.299. The summed E-state index contributed by atoms with van der Waals surface area (Å²) in [6, 6.07) is 7.14. The van der Waals surface area contributed by atoms with Gasteiger partial charge in [0.2, 0.25) is 0 Å². The van der Waals surface area contributed by atoms with E-state index in [1.165, 1.54) is 7.11 Å². The third-order valence-corrected chi connectivity index (χ3v) is 3.11. The Kier molecular flexibility index (Phi) is 4.10. The molecule has 0 aliphatic heterocycles. The first-order chi connectivity index (χ1) is 9.58. The maximum Gasteiger partial charge on any atom is 0.166 e. The van der Waals surface area contributed by atoms with Crippen LogP contribution in [0.4, 0.5) is 5.82 Å². The lowest BCUT2D eigenvalue weighted by Gasteiger charge is -2.18. The highest BCUT2D eigenvalue weighted by Crippen LogP contribution is 2.38. The Hall–Kier alpha value is -2.27. The number of ether oxygens (including phenoxy) is 2. The number of rotatable bonds is 4. The molecular formula is C15H18N2O3. The van der Waals surface area contributed by atoms with E-state index in [0.29, 0.717) is 28.4 Å². The lowest BCUT2D eigenvalue weighted by molar-refractivity contribution is 0.213. The van der Waals surface area contributed by atoms with Crippen molar-refractivity contribution < 1.29 is 14.6 Å². The van der Waals surface area contributed by atoms with Gasteiger partial charge in [-0.1, -0.05) is 12.1 Å². The maximum absolute atomic E-state index is 10.6. The molecule has 2 aromatic rings. The molecular weight excluding hydrogens is 256 g/mol. The Bertz CT molecular complexity index is 614. The van der Waals surface area contributed by atoms with Gasteiger partial charge in [-0.05, 0) is 24.6 Å². The van der Waals surface area contributed by atoms with E-state index in [0.717, 1.165) is 5.56 Å². The quantitative estimate of drug-likeness (QED) is 0.892. The highest BCUT2D eigenvalue weighted by molar-refractivity contribution is 5.53. The van der Waals surface area contributed by atoms with E-state index in [1.807, 2.05) is 13.0 Å². The Morgan fingerprint density at radius 2 is 1.95 bits per heavy atom. The number of methoxy groups -OCH3 is 2. The Morgan fingerprint density at radius 1 is 1.20 bits per heavy atom. The van der Waals surface area contributed by atoms with Crippen LogP contribution in [0, 0.1) is 6.92 Å². The normalized spacial score (nSPS) is 12.0. The van der Waals surface area contributed by atoms with Crippen LogP contribution in [0.5, 0.6) is 11.5 Å². The summed E-state index contributed by atoms with van der Waals surface area (Å²) in [6.07, 6.45) is 0.737. The molecule has 0 saturated heterocycles. The molecule has 1 aromatic carbocycles. The second-order valence-corrected chi connectivity index (χ2v) is 4.47. The van der Waals surface area contributed by atoms with Crippen molar-refractivity contribution in [3.63, 3.8) is 0 Å². The molecule has 1 aromatic heterocycles. The van der Waals surface area contributed by atoms with Crippen LogP contribution in [-0.2, 0) is 0 Å². The number of benzene rings is 1. The molecule has 0 bridgehead atoms. The summed E-state index contributed by atoms with van der Waals surface area (Å²) in [5.74, 6) is 1.35. The van der Waals surface area contributed by atoms with E-state index >= 15 is 0 Å². The Labute approximate surface area is 118 Å². The number of hydrogen-bond acceptors (Lipinski definition) is 5. The fraction of sp³-hybridized carbons (Fsp3) is 0.267. The van der Waals surface area contributed by atoms with Gasteiger partial charge in [-0.2, -0.15) is 0 Å². The van der Waals surface area contributed by atoms with Crippen molar-refractivity contribution in [1.82, 2.24) is 4.98 Å². The van der Waals surface area contributed by atoms with Crippen LogP contribution < -0.4 is 15.2 Å². The van der Waals surface area contributed by atoms with Crippen molar-refractivity contribution in [3.05, 3.63) is 47.2 Å². The summed E-state index contributed by atoms with van der Waals surface area (Å²) in [7, 11) is 3.09. The number of nitrogens with two attached hydrogens (primary N) is 1. The lowest BCUT2D eigenvalue weighted by atomic mass is 9.99. The fourth-order valence-electron chi connectivity index (χ4n) is 2.12. The van der Waals surface area contributed by atoms with E-state index in [4.69, 9.17) is 15.2 Å². The molecule has 1 heterocycles. The predicted molar refractivity (Wildman–Crippen MR) is 77.0 cm³/mol. The average molecular weight is 274 g/mol. The van der Waals surface area contributed by atoms with Gasteiger partial charge >= 0.3 is 0 Å². The number of aliphatic hydroxyl groups is 1. The van der Waals surface area contributed by atoms with Crippen LogP contribution >= 0.6 is 0 Å². The van der Waals surface area contributed by atoms with Gasteiger partial charge < -0.3 is 20.3 Å². The van der Waals surface area contributed by atoms with Crippen molar-refractivity contribution >= 4 is 5.82 Å². The lowest BCUT2D eigenvalue weighted by Crippen LogP contribution is -2.08. The first-order valence-corrected chi connectivity index (χ1v) is 6.19. The number of pyridine rings is 1. The van der Waals surface area contributed by atoms with Crippen molar-refractivity contribution in [1.29, 1.82) is 0 Å². The molecule has 0 aliphatic carbocycles. The first-order valence-electron chi connectivity index (χ1n) is 6.19. The Morgan fingerprint density at radius 3 is 2.60 bits per heavy atom. The molecule has 1 unspecified atom stereocenters. The molecule has 5 nitrogen and oxygen atoms in total. The van der Waals surface area contributed by atoms with Crippen LogP contribution in [0.15, 0.2) is 30.5 Å². The molecule has 0 fully saturated rings. The molecule has 1 atom stereocenters.